The summed E-state index contributed by atoms with van der Waals surface area (Å²) >= 11 is 0. The fourth-order valence-corrected chi connectivity index (χ4v) is 4.33. The van der Waals surface area contributed by atoms with Crippen LogP contribution in [0, 0.1) is 0 Å². The van der Waals surface area contributed by atoms with Crippen LogP contribution >= 0.6 is 0 Å². The Morgan fingerprint density at radius 1 is 1.06 bits per heavy atom. The number of nitrogens with zero attached hydrogens (tertiary/aromatic N) is 5. The van der Waals surface area contributed by atoms with Gasteiger partial charge in [0.05, 0.1) is 19.2 Å². The molecule has 0 spiro atoms. The number of carbonyl (C=O) groups is 1. The van der Waals surface area contributed by atoms with Crippen molar-refractivity contribution in [1.29, 1.82) is 0 Å². The third kappa shape index (κ3) is 4.21. The van der Waals surface area contributed by atoms with Gasteiger partial charge in [-0.25, -0.2) is 0 Å². The molecule has 0 aliphatic carbocycles. The average Bonchev–Trinajstić information content (AvgIpc) is 3.49. The van der Waals surface area contributed by atoms with E-state index in [1.807, 2.05) is 53.6 Å². The number of aromatic nitrogens is 3. The maximum atomic E-state index is 13.3. The molecule has 8 nitrogen and oxygen atoms in total. The first-order chi connectivity index (χ1) is 16.2. The van der Waals surface area contributed by atoms with Crippen molar-refractivity contribution in [3.8, 4) is 17.1 Å². The van der Waals surface area contributed by atoms with Crippen molar-refractivity contribution in [3.63, 3.8) is 0 Å². The Morgan fingerprint density at radius 3 is 2.55 bits per heavy atom. The standard InChI is InChI=1S/C25H27N5O3/c1-3-29-16-21(20-6-4-5-7-22(20)29)25(31)30-14-12-28(13-15-30)17-23-26-24(27-33-23)18-8-10-19(32-2)11-9-18/h4-11,16H,3,12-15,17H2,1-2H3. The number of benzene rings is 2. The summed E-state index contributed by atoms with van der Waals surface area (Å²) < 4.78 is 12.8. The van der Waals surface area contributed by atoms with Crippen molar-refractivity contribution in [2.75, 3.05) is 33.3 Å². The zero-order chi connectivity index (χ0) is 22.8. The van der Waals surface area contributed by atoms with E-state index in [1.54, 1.807) is 7.11 Å². The number of hydrogen-bond acceptors (Lipinski definition) is 6. The summed E-state index contributed by atoms with van der Waals surface area (Å²) in [6.07, 6.45) is 1.98. The van der Waals surface area contributed by atoms with E-state index in [-0.39, 0.29) is 5.91 Å². The zero-order valence-corrected chi connectivity index (χ0v) is 18.9. The van der Waals surface area contributed by atoms with Crippen LogP contribution in [-0.2, 0) is 13.1 Å². The summed E-state index contributed by atoms with van der Waals surface area (Å²) in [6, 6.07) is 15.7. The van der Waals surface area contributed by atoms with E-state index in [0.717, 1.165) is 47.4 Å². The molecule has 0 atom stereocenters. The lowest BCUT2D eigenvalue weighted by atomic mass is 10.1. The quantitative estimate of drug-likeness (QED) is 0.451. The summed E-state index contributed by atoms with van der Waals surface area (Å²) in [4.78, 5) is 22.0. The van der Waals surface area contributed by atoms with Crippen LogP contribution in [0.5, 0.6) is 5.75 Å². The topological polar surface area (TPSA) is 76.6 Å². The molecule has 2 aromatic carbocycles. The van der Waals surface area contributed by atoms with Crippen molar-refractivity contribution in [2.24, 2.45) is 0 Å². The zero-order valence-electron chi connectivity index (χ0n) is 18.9. The number of aryl methyl sites for hydroxylation is 1. The number of methoxy groups -OCH3 is 1. The Balaban J connectivity index is 1.21. The molecule has 170 valence electrons. The van der Waals surface area contributed by atoms with Crippen LogP contribution in [0.25, 0.3) is 22.3 Å². The minimum atomic E-state index is 0.0950. The average molecular weight is 446 g/mol. The van der Waals surface area contributed by atoms with Gasteiger partial charge >= 0.3 is 0 Å². The molecule has 1 aliphatic heterocycles. The number of amides is 1. The van der Waals surface area contributed by atoms with Crippen LogP contribution in [0.4, 0.5) is 0 Å². The summed E-state index contributed by atoms with van der Waals surface area (Å²) in [5.41, 5.74) is 2.76. The number of rotatable bonds is 6. The molecule has 1 saturated heterocycles. The van der Waals surface area contributed by atoms with Crippen molar-refractivity contribution in [3.05, 3.63) is 66.2 Å². The Bertz CT molecular complexity index is 1250. The van der Waals surface area contributed by atoms with Crippen molar-refractivity contribution >= 4 is 16.8 Å². The SMILES string of the molecule is CCn1cc(C(=O)N2CCN(Cc3nc(-c4ccc(OC)cc4)no3)CC2)c2ccccc21. The Labute approximate surface area is 192 Å². The van der Waals surface area contributed by atoms with Gasteiger partial charge in [-0.3, -0.25) is 9.69 Å². The van der Waals surface area contributed by atoms with Crippen LogP contribution in [0.15, 0.2) is 59.3 Å². The smallest absolute Gasteiger partial charge is 0.256 e. The summed E-state index contributed by atoms with van der Waals surface area (Å²) in [5, 5.41) is 5.13. The second-order valence-electron chi connectivity index (χ2n) is 8.15. The summed E-state index contributed by atoms with van der Waals surface area (Å²) in [7, 11) is 1.64. The molecule has 1 fully saturated rings. The molecule has 8 heteroatoms. The first-order valence-corrected chi connectivity index (χ1v) is 11.2. The number of hydrogen-bond donors (Lipinski definition) is 0. The molecule has 2 aromatic heterocycles. The lowest BCUT2D eigenvalue weighted by Gasteiger charge is -2.33. The number of piperazine rings is 1. The molecule has 5 rings (SSSR count). The molecule has 4 aromatic rings. The molecule has 1 aliphatic rings. The first kappa shape index (κ1) is 21.2. The van der Waals surface area contributed by atoms with Gasteiger partial charge in [-0.2, -0.15) is 4.98 Å². The van der Waals surface area contributed by atoms with Crippen LogP contribution in [-0.4, -0.2) is 63.7 Å². The van der Waals surface area contributed by atoms with Crippen LogP contribution in [0.1, 0.15) is 23.2 Å². The molecule has 33 heavy (non-hydrogen) atoms. The summed E-state index contributed by atoms with van der Waals surface area (Å²) in [6.45, 7) is 6.37. The fourth-order valence-electron chi connectivity index (χ4n) is 4.33. The molecule has 3 heterocycles. The Hall–Kier alpha value is -3.65. The number of carbonyl (C=O) groups excluding carboxylic acids is 1. The first-order valence-electron chi connectivity index (χ1n) is 11.2. The van der Waals surface area contributed by atoms with E-state index in [4.69, 9.17) is 9.26 Å². The molecule has 0 N–H and O–H groups in total. The Kier molecular flexibility index (Phi) is 5.83. The van der Waals surface area contributed by atoms with Crippen LogP contribution in [0.3, 0.4) is 0 Å². The normalized spacial score (nSPS) is 14.7. The number of ether oxygens (including phenoxy) is 1. The second-order valence-corrected chi connectivity index (χ2v) is 8.15. The minimum absolute atomic E-state index is 0.0950. The van der Waals surface area contributed by atoms with E-state index in [9.17, 15) is 4.79 Å². The highest BCUT2D eigenvalue weighted by molar-refractivity contribution is 6.07. The maximum Gasteiger partial charge on any atom is 0.256 e. The number of para-hydroxylation sites is 1. The highest BCUT2D eigenvalue weighted by Gasteiger charge is 2.25. The third-order valence-electron chi connectivity index (χ3n) is 6.19. The van der Waals surface area contributed by atoms with E-state index < -0.39 is 0 Å². The van der Waals surface area contributed by atoms with Gasteiger partial charge in [0, 0.05) is 55.4 Å². The van der Waals surface area contributed by atoms with Gasteiger partial charge in [0.2, 0.25) is 11.7 Å². The van der Waals surface area contributed by atoms with Gasteiger partial charge in [0.15, 0.2) is 0 Å². The largest absolute Gasteiger partial charge is 0.497 e. The minimum Gasteiger partial charge on any atom is -0.497 e. The molecule has 1 amide bonds. The van der Waals surface area contributed by atoms with Crippen molar-refractivity contribution in [2.45, 2.75) is 20.0 Å². The highest BCUT2D eigenvalue weighted by atomic mass is 16.5. The molecule has 0 unspecified atom stereocenters. The van der Waals surface area contributed by atoms with Gasteiger partial charge < -0.3 is 18.7 Å². The molecular formula is C25H27N5O3. The maximum absolute atomic E-state index is 13.3. The van der Waals surface area contributed by atoms with E-state index >= 15 is 0 Å². The van der Waals surface area contributed by atoms with Crippen LogP contribution < -0.4 is 4.74 Å². The van der Waals surface area contributed by atoms with Gasteiger partial charge in [0.1, 0.15) is 5.75 Å². The van der Waals surface area contributed by atoms with Gasteiger partial charge in [-0.1, -0.05) is 23.4 Å². The van der Waals surface area contributed by atoms with E-state index in [1.165, 1.54) is 0 Å². The fraction of sp³-hybridized carbons (Fsp3) is 0.320. The van der Waals surface area contributed by atoms with Gasteiger partial charge in [-0.05, 0) is 37.3 Å². The summed E-state index contributed by atoms with van der Waals surface area (Å²) in [5.74, 6) is 2.02. The third-order valence-corrected chi connectivity index (χ3v) is 6.19. The van der Waals surface area contributed by atoms with Gasteiger partial charge in [0.25, 0.3) is 5.91 Å². The lowest BCUT2D eigenvalue weighted by molar-refractivity contribution is 0.0617. The van der Waals surface area contributed by atoms with E-state index in [2.05, 4.69) is 32.6 Å². The van der Waals surface area contributed by atoms with Crippen LogP contribution in [0.2, 0.25) is 0 Å². The molecule has 0 bridgehead atoms. The molecule has 0 radical (unpaired) electrons. The second kappa shape index (κ2) is 9.07. The van der Waals surface area contributed by atoms with Crippen molar-refractivity contribution in [1.82, 2.24) is 24.5 Å². The highest BCUT2D eigenvalue weighted by Crippen LogP contribution is 2.24. The Morgan fingerprint density at radius 2 is 1.82 bits per heavy atom. The molecule has 0 saturated carbocycles. The monoisotopic (exact) mass is 445 g/mol. The van der Waals surface area contributed by atoms with E-state index in [0.29, 0.717) is 31.3 Å². The predicted octanol–water partition coefficient (Wildman–Crippen LogP) is 3.68. The predicted molar refractivity (Wildman–Crippen MR) is 125 cm³/mol. The lowest BCUT2D eigenvalue weighted by Crippen LogP contribution is -2.48. The van der Waals surface area contributed by atoms with Gasteiger partial charge in [-0.15, -0.1) is 0 Å². The van der Waals surface area contributed by atoms with Crippen molar-refractivity contribution < 1.29 is 14.1 Å². The molecular weight excluding hydrogens is 418 g/mol. The number of fused-ring (bicyclic) bond motifs is 1.